The molecule has 0 amide bonds. The van der Waals surface area contributed by atoms with E-state index in [4.69, 9.17) is 11.6 Å². The van der Waals surface area contributed by atoms with E-state index in [0.717, 1.165) is 32.3 Å². The lowest BCUT2D eigenvalue weighted by molar-refractivity contribution is -0.384. The fraction of sp³-hybridized carbons (Fsp3) is 0.636. The highest BCUT2D eigenvalue weighted by Gasteiger charge is 2.23. The lowest BCUT2D eigenvalue weighted by atomic mass is 10.1. The van der Waals surface area contributed by atoms with Crippen molar-refractivity contribution in [2.24, 2.45) is 5.92 Å². The molecule has 8 heteroatoms. The summed E-state index contributed by atoms with van der Waals surface area (Å²) >= 11 is 5.67. The molecule has 1 atom stereocenters. The van der Waals surface area contributed by atoms with Crippen LogP contribution in [-0.4, -0.2) is 46.0 Å². The quantitative estimate of drug-likeness (QED) is 0.504. The van der Waals surface area contributed by atoms with Crippen molar-refractivity contribution in [2.75, 3.05) is 31.5 Å². The average Bonchev–Trinajstić information content (AvgIpc) is 2.84. The van der Waals surface area contributed by atoms with Crippen LogP contribution in [0.15, 0.2) is 6.20 Å². The summed E-state index contributed by atoms with van der Waals surface area (Å²) in [6, 6.07) is 0. The number of halogens is 1. The molecule has 1 unspecified atom stereocenters. The number of aromatic nitrogens is 2. The van der Waals surface area contributed by atoms with E-state index in [0.29, 0.717) is 12.5 Å². The number of rotatable bonds is 5. The van der Waals surface area contributed by atoms with Crippen LogP contribution in [0.3, 0.4) is 0 Å². The zero-order valence-electron chi connectivity index (χ0n) is 10.7. The number of hydrogen-bond donors (Lipinski definition) is 1. The van der Waals surface area contributed by atoms with Gasteiger partial charge in [0.2, 0.25) is 11.1 Å². The van der Waals surface area contributed by atoms with Gasteiger partial charge in [-0.25, -0.2) is 4.98 Å². The first-order valence-corrected chi connectivity index (χ1v) is 6.61. The van der Waals surface area contributed by atoms with E-state index in [-0.39, 0.29) is 16.8 Å². The molecule has 1 N–H and O–H groups in total. The van der Waals surface area contributed by atoms with Crippen LogP contribution in [0.4, 0.5) is 11.5 Å². The van der Waals surface area contributed by atoms with Crippen molar-refractivity contribution in [1.29, 1.82) is 0 Å². The number of anilines is 1. The smallest absolute Gasteiger partial charge is 0.329 e. The molecule has 0 bridgehead atoms. The summed E-state index contributed by atoms with van der Waals surface area (Å²) in [5.74, 6) is 0.674. The van der Waals surface area contributed by atoms with Gasteiger partial charge in [-0.2, -0.15) is 4.98 Å². The number of likely N-dealkylation sites (tertiary alicyclic amines) is 1. The first-order valence-electron chi connectivity index (χ1n) is 6.23. The van der Waals surface area contributed by atoms with Crippen molar-refractivity contribution in [3.05, 3.63) is 21.6 Å². The van der Waals surface area contributed by atoms with Gasteiger partial charge in [-0.3, -0.25) is 10.1 Å². The molecule has 1 aromatic rings. The summed E-state index contributed by atoms with van der Waals surface area (Å²) < 4.78 is 0. The van der Waals surface area contributed by atoms with E-state index in [1.54, 1.807) is 0 Å². The standard InChI is InChI=1S/C11H16ClN5O2/c1-2-16-4-3-8(7-16)5-13-10-9(17(18)19)6-14-11(12)15-10/h6,8H,2-5,7H2,1H3,(H,13,14,15). The average molecular weight is 286 g/mol. The van der Waals surface area contributed by atoms with Crippen LogP contribution in [0.2, 0.25) is 5.28 Å². The van der Waals surface area contributed by atoms with Crippen LogP contribution >= 0.6 is 11.6 Å². The maximum atomic E-state index is 10.9. The van der Waals surface area contributed by atoms with E-state index in [1.807, 2.05) is 0 Å². The number of nitrogens with one attached hydrogen (secondary N) is 1. The van der Waals surface area contributed by atoms with Crippen molar-refractivity contribution in [2.45, 2.75) is 13.3 Å². The van der Waals surface area contributed by atoms with Gasteiger partial charge in [0.1, 0.15) is 6.20 Å². The molecular weight excluding hydrogens is 270 g/mol. The van der Waals surface area contributed by atoms with Gasteiger partial charge >= 0.3 is 5.69 Å². The Balaban J connectivity index is 1.99. The maximum Gasteiger partial charge on any atom is 0.329 e. The molecule has 7 nitrogen and oxygen atoms in total. The summed E-state index contributed by atoms with van der Waals surface area (Å²) in [5.41, 5.74) is -0.144. The Kier molecular flexibility index (Phi) is 4.49. The second-order valence-corrected chi connectivity index (χ2v) is 4.90. The lowest BCUT2D eigenvalue weighted by Crippen LogP contribution is -2.22. The third-order valence-electron chi connectivity index (χ3n) is 3.31. The fourth-order valence-corrected chi connectivity index (χ4v) is 2.36. The molecule has 104 valence electrons. The molecule has 1 aliphatic heterocycles. The highest BCUT2D eigenvalue weighted by atomic mass is 35.5. The van der Waals surface area contributed by atoms with Crippen LogP contribution in [-0.2, 0) is 0 Å². The van der Waals surface area contributed by atoms with E-state index in [2.05, 4.69) is 27.1 Å². The molecule has 0 aliphatic carbocycles. The van der Waals surface area contributed by atoms with Crippen molar-refractivity contribution >= 4 is 23.1 Å². The number of nitro groups is 1. The van der Waals surface area contributed by atoms with Gasteiger partial charge in [-0.05, 0) is 37.0 Å². The molecule has 0 aromatic carbocycles. The highest BCUT2D eigenvalue weighted by Crippen LogP contribution is 2.23. The summed E-state index contributed by atoms with van der Waals surface area (Å²) in [4.78, 5) is 20.2. The zero-order chi connectivity index (χ0) is 13.8. The second kappa shape index (κ2) is 6.12. The predicted octanol–water partition coefficient (Wildman–Crippen LogP) is 1.79. The largest absolute Gasteiger partial charge is 0.364 e. The summed E-state index contributed by atoms with van der Waals surface area (Å²) in [5, 5.41) is 13.9. The summed E-state index contributed by atoms with van der Waals surface area (Å²) in [7, 11) is 0. The Morgan fingerprint density at radius 3 is 3.11 bits per heavy atom. The molecule has 0 spiro atoms. The minimum absolute atomic E-state index is 0.00899. The monoisotopic (exact) mass is 285 g/mol. The third-order valence-corrected chi connectivity index (χ3v) is 3.49. The van der Waals surface area contributed by atoms with Crippen molar-refractivity contribution < 1.29 is 4.92 Å². The van der Waals surface area contributed by atoms with Crippen LogP contribution in [0.5, 0.6) is 0 Å². The molecule has 1 aliphatic rings. The van der Waals surface area contributed by atoms with Gasteiger partial charge in [0.05, 0.1) is 4.92 Å². The first kappa shape index (κ1) is 14.0. The predicted molar refractivity (Wildman–Crippen MR) is 72.4 cm³/mol. The normalized spacial score (nSPS) is 19.6. The fourth-order valence-electron chi connectivity index (χ4n) is 2.23. The second-order valence-electron chi connectivity index (χ2n) is 4.56. The molecule has 1 aromatic heterocycles. The Labute approximate surface area is 116 Å². The Morgan fingerprint density at radius 2 is 2.47 bits per heavy atom. The molecule has 1 fully saturated rings. The molecule has 19 heavy (non-hydrogen) atoms. The SMILES string of the molecule is CCN1CCC(CNc2nc(Cl)ncc2[N+](=O)[O-])C1. The molecular formula is C11H16ClN5O2. The van der Waals surface area contributed by atoms with E-state index < -0.39 is 4.92 Å². The summed E-state index contributed by atoms with van der Waals surface area (Å²) in [6.45, 7) is 5.91. The third kappa shape index (κ3) is 3.51. The van der Waals surface area contributed by atoms with Gasteiger partial charge < -0.3 is 10.2 Å². The van der Waals surface area contributed by atoms with Crippen molar-refractivity contribution in [1.82, 2.24) is 14.9 Å². The van der Waals surface area contributed by atoms with Gasteiger partial charge in [0, 0.05) is 13.1 Å². The van der Waals surface area contributed by atoms with Crippen molar-refractivity contribution in [3.8, 4) is 0 Å². The van der Waals surface area contributed by atoms with E-state index in [1.165, 1.54) is 0 Å². The minimum atomic E-state index is -0.508. The van der Waals surface area contributed by atoms with Crippen LogP contribution in [0.1, 0.15) is 13.3 Å². The molecule has 2 heterocycles. The topological polar surface area (TPSA) is 84.2 Å². The van der Waals surface area contributed by atoms with Gasteiger partial charge in [-0.15, -0.1) is 0 Å². The zero-order valence-corrected chi connectivity index (χ0v) is 11.4. The lowest BCUT2D eigenvalue weighted by Gasteiger charge is -2.14. The van der Waals surface area contributed by atoms with Crippen LogP contribution in [0, 0.1) is 16.0 Å². The Bertz CT molecular complexity index is 470. The van der Waals surface area contributed by atoms with Gasteiger partial charge in [-0.1, -0.05) is 6.92 Å². The number of hydrogen-bond acceptors (Lipinski definition) is 6. The molecule has 0 radical (unpaired) electrons. The first-order chi connectivity index (χ1) is 9.10. The Hall–Kier alpha value is -1.47. The summed E-state index contributed by atoms with van der Waals surface area (Å²) in [6.07, 6.45) is 2.22. The van der Waals surface area contributed by atoms with Crippen LogP contribution in [0.25, 0.3) is 0 Å². The van der Waals surface area contributed by atoms with Crippen molar-refractivity contribution in [3.63, 3.8) is 0 Å². The Morgan fingerprint density at radius 1 is 1.68 bits per heavy atom. The molecule has 2 rings (SSSR count). The maximum absolute atomic E-state index is 10.9. The number of nitrogens with zero attached hydrogens (tertiary/aromatic N) is 4. The molecule has 1 saturated heterocycles. The van der Waals surface area contributed by atoms with Gasteiger partial charge in [0.15, 0.2) is 0 Å². The molecule has 0 saturated carbocycles. The van der Waals surface area contributed by atoms with Crippen LogP contribution < -0.4 is 5.32 Å². The highest BCUT2D eigenvalue weighted by molar-refractivity contribution is 6.28. The van der Waals surface area contributed by atoms with E-state index in [9.17, 15) is 10.1 Å². The van der Waals surface area contributed by atoms with E-state index >= 15 is 0 Å². The van der Waals surface area contributed by atoms with Gasteiger partial charge in [0.25, 0.3) is 0 Å². The minimum Gasteiger partial charge on any atom is -0.364 e.